The predicted molar refractivity (Wildman–Crippen MR) is 69.2 cm³/mol. The summed E-state index contributed by atoms with van der Waals surface area (Å²) >= 11 is 3.42. The fourth-order valence-electron chi connectivity index (χ4n) is 1.62. The number of nitrogens with one attached hydrogen (secondary N) is 1. The number of hydrogen-bond acceptors (Lipinski definition) is 2. The summed E-state index contributed by atoms with van der Waals surface area (Å²) in [6.45, 7) is 2.66. The third-order valence-electron chi connectivity index (χ3n) is 2.48. The number of aryl methyl sites for hydroxylation is 1. The molecule has 1 aromatic carbocycles. The molecule has 84 valence electrons. The lowest BCUT2D eigenvalue weighted by Gasteiger charge is -1.96. The van der Waals surface area contributed by atoms with Crippen molar-refractivity contribution >= 4 is 15.9 Å². The van der Waals surface area contributed by atoms with Crippen LogP contribution in [0.5, 0.6) is 0 Å². The highest BCUT2D eigenvalue weighted by Gasteiger charge is 2.07. The SMILES string of the molecule is Cc1[nH]c(-c2ccc(Br)cc2)nc1CCN. The van der Waals surface area contributed by atoms with Gasteiger partial charge in [0.25, 0.3) is 0 Å². The highest BCUT2D eigenvalue weighted by Crippen LogP contribution is 2.20. The van der Waals surface area contributed by atoms with E-state index in [0.717, 1.165) is 33.7 Å². The first-order chi connectivity index (χ1) is 7.70. The van der Waals surface area contributed by atoms with Crippen LogP contribution < -0.4 is 5.73 Å². The molecule has 4 heteroatoms. The largest absolute Gasteiger partial charge is 0.342 e. The Labute approximate surface area is 103 Å². The van der Waals surface area contributed by atoms with E-state index in [0.29, 0.717) is 6.54 Å². The van der Waals surface area contributed by atoms with E-state index in [1.165, 1.54) is 0 Å². The molecule has 1 heterocycles. The van der Waals surface area contributed by atoms with Gasteiger partial charge in [-0.2, -0.15) is 0 Å². The number of aromatic nitrogens is 2. The smallest absolute Gasteiger partial charge is 0.137 e. The minimum atomic E-state index is 0.630. The molecule has 0 unspecified atom stereocenters. The summed E-state index contributed by atoms with van der Waals surface area (Å²) in [5.74, 6) is 0.911. The molecule has 0 atom stereocenters. The fraction of sp³-hybridized carbons (Fsp3) is 0.250. The molecular weight excluding hydrogens is 266 g/mol. The van der Waals surface area contributed by atoms with Gasteiger partial charge < -0.3 is 10.7 Å². The van der Waals surface area contributed by atoms with Gasteiger partial charge in [0.1, 0.15) is 5.82 Å². The van der Waals surface area contributed by atoms with E-state index < -0.39 is 0 Å². The van der Waals surface area contributed by atoms with E-state index in [-0.39, 0.29) is 0 Å². The molecule has 1 aromatic heterocycles. The van der Waals surface area contributed by atoms with Gasteiger partial charge >= 0.3 is 0 Å². The first-order valence-electron chi connectivity index (χ1n) is 5.22. The highest BCUT2D eigenvalue weighted by atomic mass is 79.9. The van der Waals surface area contributed by atoms with Crippen LogP contribution in [0.2, 0.25) is 0 Å². The van der Waals surface area contributed by atoms with Crippen molar-refractivity contribution in [3.63, 3.8) is 0 Å². The van der Waals surface area contributed by atoms with Crippen molar-refractivity contribution in [3.8, 4) is 11.4 Å². The normalized spacial score (nSPS) is 10.7. The highest BCUT2D eigenvalue weighted by molar-refractivity contribution is 9.10. The van der Waals surface area contributed by atoms with Crippen LogP contribution in [0.3, 0.4) is 0 Å². The third-order valence-corrected chi connectivity index (χ3v) is 3.01. The lowest BCUT2D eigenvalue weighted by atomic mass is 10.2. The van der Waals surface area contributed by atoms with Gasteiger partial charge in [-0.1, -0.05) is 28.1 Å². The van der Waals surface area contributed by atoms with E-state index in [1.807, 2.05) is 31.2 Å². The Bertz CT molecular complexity index is 474. The van der Waals surface area contributed by atoms with Crippen LogP contribution >= 0.6 is 15.9 Å². The summed E-state index contributed by atoms with van der Waals surface area (Å²) in [4.78, 5) is 7.83. The molecule has 0 amide bonds. The van der Waals surface area contributed by atoms with Gasteiger partial charge in [0.05, 0.1) is 5.69 Å². The van der Waals surface area contributed by atoms with Gasteiger partial charge in [-0.3, -0.25) is 0 Å². The number of aromatic amines is 1. The number of nitrogens with two attached hydrogens (primary N) is 1. The molecule has 0 aliphatic rings. The molecule has 0 fully saturated rings. The molecule has 0 saturated heterocycles. The van der Waals surface area contributed by atoms with Crippen LogP contribution in [-0.2, 0) is 6.42 Å². The zero-order valence-corrected chi connectivity index (χ0v) is 10.7. The molecule has 2 aromatic rings. The number of halogens is 1. The second-order valence-electron chi connectivity index (χ2n) is 3.70. The van der Waals surface area contributed by atoms with Gasteiger partial charge in [0, 0.05) is 22.2 Å². The van der Waals surface area contributed by atoms with Gasteiger partial charge in [-0.05, 0) is 25.6 Å². The van der Waals surface area contributed by atoms with Crippen LogP contribution in [0.25, 0.3) is 11.4 Å². The second kappa shape index (κ2) is 4.80. The van der Waals surface area contributed by atoms with Crippen LogP contribution in [0.15, 0.2) is 28.7 Å². The van der Waals surface area contributed by atoms with Crippen LogP contribution in [0.1, 0.15) is 11.4 Å². The Morgan fingerprint density at radius 2 is 2.00 bits per heavy atom. The first-order valence-corrected chi connectivity index (χ1v) is 6.01. The van der Waals surface area contributed by atoms with E-state index in [2.05, 4.69) is 25.9 Å². The van der Waals surface area contributed by atoms with Gasteiger partial charge in [0.15, 0.2) is 0 Å². The maximum absolute atomic E-state index is 5.54. The fourth-order valence-corrected chi connectivity index (χ4v) is 1.89. The first kappa shape index (κ1) is 11.4. The van der Waals surface area contributed by atoms with Crippen molar-refractivity contribution in [2.75, 3.05) is 6.54 Å². The average molecular weight is 280 g/mol. The number of nitrogens with zero attached hydrogens (tertiary/aromatic N) is 1. The Kier molecular flexibility index (Phi) is 3.41. The van der Waals surface area contributed by atoms with E-state index in [9.17, 15) is 0 Å². The zero-order chi connectivity index (χ0) is 11.5. The van der Waals surface area contributed by atoms with Crippen molar-refractivity contribution in [2.45, 2.75) is 13.3 Å². The van der Waals surface area contributed by atoms with E-state index in [1.54, 1.807) is 0 Å². The van der Waals surface area contributed by atoms with Gasteiger partial charge in [-0.25, -0.2) is 4.98 Å². The summed E-state index contributed by atoms with van der Waals surface area (Å²) in [6.07, 6.45) is 0.818. The number of imidazole rings is 1. The summed E-state index contributed by atoms with van der Waals surface area (Å²) in [7, 11) is 0. The van der Waals surface area contributed by atoms with Crippen LogP contribution in [0, 0.1) is 6.92 Å². The molecule has 0 saturated carbocycles. The lowest BCUT2D eigenvalue weighted by molar-refractivity contribution is 0.924. The molecule has 0 radical (unpaired) electrons. The second-order valence-corrected chi connectivity index (χ2v) is 4.62. The summed E-state index contributed by atoms with van der Waals surface area (Å²) in [5, 5.41) is 0. The summed E-state index contributed by atoms with van der Waals surface area (Å²) in [5.41, 5.74) is 8.79. The van der Waals surface area contributed by atoms with Gasteiger partial charge in [-0.15, -0.1) is 0 Å². The summed E-state index contributed by atoms with van der Waals surface area (Å²) < 4.78 is 1.07. The van der Waals surface area contributed by atoms with Crippen molar-refractivity contribution in [3.05, 3.63) is 40.1 Å². The molecule has 3 N–H and O–H groups in total. The number of rotatable bonds is 3. The number of benzene rings is 1. The maximum Gasteiger partial charge on any atom is 0.137 e. The molecule has 0 aliphatic carbocycles. The minimum absolute atomic E-state index is 0.630. The van der Waals surface area contributed by atoms with Crippen LogP contribution in [-0.4, -0.2) is 16.5 Å². The number of H-pyrrole nitrogens is 1. The van der Waals surface area contributed by atoms with Crippen molar-refractivity contribution in [1.82, 2.24) is 9.97 Å². The quantitative estimate of drug-likeness (QED) is 0.908. The van der Waals surface area contributed by atoms with Crippen molar-refractivity contribution in [1.29, 1.82) is 0 Å². The molecule has 16 heavy (non-hydrogen) atoms. The lowest BCUT2D eigenvalue weighted by Crippen LogP contribution is -2.03. The Balaban J connectivity index is 2.33. The third kappa shape index (κ3) is 2.33. The molecule has 3 nitrogen and oxygen atoms in total. The maximum atomic E-state index is 5.54. The predicted octanol–water partition coefficient (Wildman–Crippen LogP) is 2.65. The standard InChI is InChI=1S/C12H14BrN3/c1-8-11(6-7-14)16-12(15-8)9-2-4-10(13)5-3-9/h2-5H,6-7,14H2,1H3,(H,15,16). The molecule has 0 aliphatic heterocycles. The Morgan fingerprint density at radius 3 is 2.62 bits per heavy atom. The van der Waals surface area contributed by atoms with Crippen LogP contribution in [0.4, 0.5) is 0 Å². The minimum Gasteiger partial charge on any atom is -0.342 e. The van der Waals surface area contributed by atoms with E-state index in [4.69, 9.17) is 5.73 Å². The zero-order valence-electron chi connectivity index (χ0n) is 9.13. The summed E-state index contributed by atoms with van der Waals surface area (Å²) in [6, 6.07) is 8.09. The Morgan fingerprint density at radius 1 is 1.31 bits per heavy atom. The number of hydrogen-bond donors (Lipinski definition) is 2. The Hall–Kier alpha value is -1.13. The molecular formula is C12H14BrN3. The average Bonchev–Trinajstić information content (AvgIpc) is 2.62. The van der Waals surface area contributed by atoms with Crippen molar-refractivity contribution < 1.29 is 0 Å². The van der Waals surface area contributed by atoms with E-state index >= 15 is 0 Å². The molecule has 2 rings (SSSR count). The monoisotopic (exact) mass is 279 g/mol. The topological polar surface area (TPSA) is 54.7 Å². The molecule has 0 spiro atoms. The molecule has 0 bridgehead atoms. The van der Waals surface area contributed by atoms with Gasteiger partial charge in [0.2, 0.25) is 0 Å². The van der Waals surface area contributed by atoms with Crippen molar-refractivity contribution in [2.24, 2.45) is 5.73 Å².